The molecule has 0 spiro atoms. The number of aromatic nitrogens is 2. The van der Waals surface area contributed by atoms with Crippen molar-refractivity contribution < 1.29 is 0 Å². The second kappa shape index (κ2) is 8.20. The molecule has 4 N–H and O–H groups in total. The Labute approximate surface area is 190 Å². The average molecular weight is 447 g/mol. The number of hydrogen-bond donors (Lipinski definition) is 3. The van der Waals surface area contributed by atoms with Crippen LogP contribution in [0.15, 0.2) is 51.5 Å². The van der Waals surface area contributed by atoms with E-state index in [1.54, 1.807) is 12.5 Å². The minimum absolute atomic E-state index is 0.117. The summed E-state index contributed by atoms with van der Waals surface area (Å²) < 4.78 is 0. The second-order valence-electron chi connectivity index (χ2n) is 8.03. The first-order valence-electron chi connectivity index (χ1n) is 10.4. The smallest absolute Gasteiger partial charge is 0.170 e. The number of nitrogens with zero attached hydrogens (tertiary/aromatic N) is 5. The van der Waals surface area contributed by atoms with Gasteiger partial charge in [-0.05, 0) is 54.8 Å². The number of nitrogen functional groups attached to an aromatic ring is 1. The Morgan fingerprint density at radius 2 is 2.06 bits per heavy atom. The van der Waals surface area contributed by atoms with Gasteiger partial charge in [0.1, 0.15) is 29.9 Å². The lowest BCUT2D eigenvalue weighted by atomic mass is 10.1. The topological polar surface area (TPSA) is 113 Å². The van der Waals surface area contributed by atoms with Crippen molar-refractivity contribution in [2.45, 2.75) is 39.0 Å². The van der Waals surface area contributed by atoms with Gasteiger partial charge in [0.05, 0.1) is 10.5 Å². The first-order valence-corrected chi connectivity index (χ1v) is 10.8. The van der Waals surface area contributed by atoms with Gasteiger partial charge in [0.15, 0.2) is 6.17 Å². The number of aliphatic imine (C=N–C) groups is 3. The number of aryl methyl sites for hydroxylation is 2. The monoisotopic (exact) mass is 446 g/mol. The molecule has 9 heteroatoms. The van der Waals surface area contributed by atoms with E-state index in [2.05, 4.69) is 42.7 Å². The van der Waals surface area contributed by atoms with E-state index >= 15 is 0 Å². The summed E-state index contributed by atoms with van der Waals surface area (Å²) in [5.41, 5.74) is 11.0. The molecule has 5 rings (SSSR count). The Kier molecular flexibility index (Phi) is 5.22. The zero-order chi connectivity index (χ0) is 22.2. The number of nitrogens with two attached hydrogens (primary N) is 1. The molecule has 0 aliphatic carbocycles. The van der Waals surface area contributed by atoms with Gasteiger partial charge in [-0.2, -0.15) is 0 Å². The summed E-state index contributed by atoms with van der Waals surface area (Å²) in [5, 5.41) is 8.57. The summed E-state index contributed by atoms with van der Waals surface area (Å²) >= 11 is 6.10. The summed E-state index contributed by atoms with van der Waals surface area (Å²) in [6.07, 6.45) is 3.67. The van der Waals surface area contributed by atoms with Crippen molar-refractivity contribution in [3.63, 3.8) is 0 Å². The van der Waals surface area contributed by atoms with Crippen LogP contribution in [0.3, 0.4) is 0 Å². The molecule has 0 bridgehead atoms. The zero-order valence-electron chi connectivity index (χ0n) is 17.8. The number of rotatable bonds is 4. The van der Waals surface area contributed by atoms with E-state index in [4.69, 9.17) is 22.3 Å². The van der Waals surface area contributed by atoms with Gasteiger partial charge in [-0.3, -0.25) is 4.98 Å². The molecule has 1 aromatic carbocycles. The molecule has 3 aromatic rings. The number of fused-ring (bicyclic) bond motifs is 2. The molecule has 2 aliphatic rings. The van der Waals surface area contributed by atoms with E-state index in [0.717, 1.165) is 45.0 Å². The van der Waals surface area contributed by atoms with Crippen LogP contribution in [0.5, 0.6) is 0 Å². The standard InChI is InChI=1S/C23H23ClN8/c1-12-5-19(25)30-13(2)17(12)10-27-22-21-23(29-11-28-22)32-20(31-21)7-14-3-4-18-15(6-14)8-16(24)9-26-18/h3-6,8-9,11,21,23H,7,10H2,1-2H3,(H2,25,30)(H,31,32)(H,27,28,29). The fourth-order valence-electron chi connectivity index (χ4n) is 4.14. The molecule has 162 valence electrons. The fraction of sp³-hybridized carbons (Fsp3) is 0.261. The molecular weight excluding hydrogens is 424 g/mol. The number of anilines is 1. The van der Waals surface area contributed by atoms with Crippen LogP contribution in [0.25, 0.3) is 10.9 Å². The summed E-state index contributed by atoms with van der Waals surface area (Å²) in [4.78, 5) is 22.4. The molecule has 0 radical (unpaired) electrons. The summed E-state index contributed by atoms with van der Waals surface area (Å²) in [5.74, 6) is 2.23. The third-order valence-corrected chi connectivity index (χ3v) is 5.93. The predicted molar refractivity (Wildman–Crippen MR) is 129 cm³/mol. The van der Waals surface area contributed by atoms with Gasteiger partial charge in [0.25, 0.3) is 0 Å². The van der Waals surface area contributed by atoms with Gasteiger partial charge in [-0.15, -0.1) is 0 Å². The molecule has 2 aliphatic heterocycles. The first-order chi connectivity index (χ1) is 15.5. The SMILES string of the molecule is Cc1cc(N)nc(C)c1CNC1=NC=NC2N=C(Cc3ccc4ncc(Cl)cc4c3)NC12. The van der Waals surface area contributed by atoms with Crippen molar-refractivity contribution in [1.29, 1.82) is 0 Å². The van der Waals surface area contributed by atoms with E-state index in [9.17, 15) is 0 Å². The highest BCUT2D eigenvalue weighted by Crippen LogP contribution is 2.21. The molecule has 0 saturated heterocycles. The van der Waals surface area contributed by atoms with Crippen LogP contribution < -0.4 is 16.4 Å². The van der Waals surface area contributed by atoms with Crippen molar-refractivity contribution in [3.8, 4) is 0 Å². The maximum absolute atomic E-state index is 6.10. The number of pyridine rings is 2. The largest absolute Gasteiger partial charge is 0.384 e. The molecular formula is C23H23ClN8. The van der Waals surface area contributed by atoms with Crippen molar-refractivity contribution in [1.82, 2.24) is 20.6 Å². The number of halogens is 1. The molecule has 8 nitrogen and oxygen atoms in total. The van der Waals surface area contributed by atoms with Crippen molar-refractivity contribution in [2.75, 3.05) is 5.73 Å². The second-order valence-corrected chi connectivity index (χ2v) is 8.47. The Bertz CT molecular complexity index is 1270. The maximum atomic E-state index is 6.10. The van der Waals surface area contributed by atoms with E-state index in [1.807, 2.05) is 32.0 Å². The van der Waals surface area contributed by atoms with E-state index in [0.29, 0.717) is 23.8 Å². The van der Waals surface area contributed by atoms with Crippen LogP contribution in [-0.4, -0.2) is 40.2 Å². The summed E-state index contributed by atoms with van der Waals surface area (Å²) in [6.45, 7) is 4.61. The lowest BCUT2D eigenvalue weighted by Gasteiger charge is -2.22. The average Bonchev–Trinajstić information content (AvgIpc) is 3.16. The highest BCUT2D eigenvalue weighted by atomic mass is 35.5. The molecule has 2 atom stereocenters. The Balaban J connectivity index is 1.28. The summed E-state index contributed by atoms with van der Waals surface area (Å²) in [7, 11) is 0. The van der Waals surface area contributed by atoms with Gasteiger partial charge in [0, 0.05) is 30.2 Å². The number of hydrogen-bond acceptors (Lipinski definition) is 8. The number of benzene rings is 1. The lowest BCUT2D eigenvalue weighted by molar-refractivity contribution is 0.629. The maximum Gasteiger partial charge on any atom is 0.170 e. The minimum atomic E-state index is -0.228. The third-order valence-electron chi connectivity index (χ3n) is 5.72. The normalized spacial score (nSPS) is 19.3. The van der Waals surface area contributed by atoms with Crippen LogP contribution in [0.1, 0.15) is 22.4 Å². The Hall–Kier alpha value is -3.52. The minimum Gasteiger partial charge on any atom is -0.384 e. The van der Waals surface area contributed by atoms with Gasteiger partial charge < -0.3 is 16.4 Å². The Morgan fingerprint density at radius 1 is 1.19 bits per heavy atom. The molecule has 32 heavy (non-hydrogen) atoms. The quantitative estimate of drug-likeness (QED) is 0.570. The number of amidine groups is 2. The van der Waals surface area contributed by atoms with Gasteiger partial charge >= 0.3 is 0 Å². The zero-order valence-corrected chi connectivity index (χ0v) is 18.6. The first kappa shape index (κ1) is 20.4. The molecule has 0 fully saturated rings. The van der Waals surface area contributed by atoms with Gasteiger partial charge in [-0.25, -0.2) is 20.0 Å². The third kappa shape index (κ3) is 4.01. The number of nitrogens with one attached hydrogen (secondary N) is 2. The van der Waals surface area contributed by atoms with Crippen LogP contribution >= 0.6 is 11.6 Å². The van der Waals surface area contributed by atoms with Crippen molar-refractivity contribution in [3.05, 3.63) is 63.9 Å². The molecule has 0 saturated carbocycles. The molecule has 0 amide bonds. The highest BCUT2D eigenvalue weighted by Gasteiger charge is 2.34. The van der Waals surface area contributed by atoms with Crippen molar-refractivity contribution >= 4 is 46.3 Å². The van der Waals surface area contributed by atoms with Crippen LogP contribution in [0.4, 0.5) is 5.82 Å². The molecule has 2 unspecified atom stereocenters. The Morgan fingerprint density at radius 3 is 2.91 bits per heavy atom. The summed E-state index contributed by atoms with van der Waals surface area (Å²) in [6, 6.07) is 9.85. The van der Waals surface area contributed by atoms with Gasteiger partial charge in [-0.1, -0.05) is 17.7 Å². The van der Waals surface area contributed by atoms with E-state index < -0.39 is 0 Å². The molecule has 2 aromatic heterocycles. The van der Waals surface area contributed by atoms with Crippen molar-refractivity contribution in [2.24, 2.45) is 15.0 Å². The fourth-order valence-corrected chi connectivity index (χ4v) is 4.31. The van der Waals surface area contributed by atoms with Crippen LogP contribution in [-0.2, 0) is 13.0 Å². The van der Waals surface area contributed by atoms with Crippen LogP contribution in [0.2, 0.25) is 5.02 Å². The van der Waals surface area contributed by atoms with Crippen LogP contribution in [0, 0.1) is 13.8 Å². The van der Waals surface area contributed by atoms with E-state index in [1.165, 1.54) is 0 Å². The van der Waals surface area contributed by atoms with E-state index in [-0.39, 0.29) is 12.2 Å². The highest BCUT2D eigenvalue weighted by molar-refractivity contribution is 6.31. The van der Waals surface area contributed by atoms with Gasteiger partial charge in [0.2, 0.25) is 0 Å². The molecule has 4 heterocycles. The lowest BCUT2D eigenvalue weighted by Crippen LogP contribution is -2.49. The predicted octanol–water partition coefficient (Wildman–Crippen LogP) is 2.95.